The quantitative estimate of drug-likeness (QED) is 0.618. The molecule has 0 saturated carbocycles. The standard InChI is InChI=1S/C8H13NO2/c9-5-6-1-3-7(4-2-6)8(10)11/h3,6H,1-2,4-5,9H2,(H,10,11). The second-order valence-corrected chi connectivity index (χ2v) is 2.91. The van der Waals surface area contributed by atoms with Gasteiger partial charge in [0.05, 0.1) is 0 Å². The minimum absolute atomic E-state index is 0.498. The molecule has 11 heavy (non-hydrogen) atoms. The van der Waals surface area contributed by atoms with E-state index in [9.17, 15) is 4.79 Å². The zero-order valence-electron chi connectivity index (χ0n) is 6.42. The Morgan fingerprint density at radius 1 is 1.82 bits per heavy atom. The number of rotatable bonds is 2. The van der Waals surface area contributed by atoms with Gasteiger partial charge in [0, 0.05) is 5.57 Å². The number of carboxylic acids is 1. The summed E-state index contributed by atoms with van der Waals surface area (Å²) in [7, 11) is 0. The summed E-state index contributed by atoms with van der Waals surface area (Å²) in [5, 5.41) is 8.60. The molecule has 0 saturated heterocycles. The van der Waals surface area contributed by atoms with Crippen molar-refractivity contribution in [2.75, 3.05) is 6.54 Å². The molecule has 1 aliphatic carbocycles. The minimum Gasteiger partial charge on any atom is -0.478 e. The molecule has 0 bridgehead atoms. The van der Waals surface area contributed by atoms with Crippen LogP contribution in [0.1, 0.15) is 19.3 Å². The van der Waals surface area contributed by atoms with E-state index in [1.54, 1.807) is 6.08 Å². The van der Waals surface area contributed by atoms with Gasteiger partial charge in [-0.25, -0.2) is 4.79 Å². The van der Waals surface area contributed by atoms with Crippen molar-refractivity contribution in [1.29, 1.82) is 0 Å². The summed E-state index contributed by atoms with van der Waals surface area (Å²) in [5.41, 5.74) is 6.00. The summed E-state index contributed by atoms with van der Waals surface area (Å²) in [4.78, 5) is 10.4. The lowest BCUT2D eigenvalue weighted by molar-refractivity contribution is -0.132. The van der Waals surface area contributed by atoms with Gasteiger partial charge < -0.3 is 10.8 Å². The SMILES string of the molecule is NCC1CC=C(C(=O)O)CC1. The van der Waals surface area contributed by atoms with E-state index in [1.807, 2.05) is 0 Å². The summed E-state index contributed by atoms with van der Waals surface area (Å²) in [5.74, 6) is -0.279. The summed E-state index contributed by atoms with van der Waals surface area (Å²) < 4.78 is 0. The van der Waals surface area contributed by atoms with E-state index in [0.29, 0.717) is 24.5 Å². The van der Waals surface area contributed by atoms with Gasteiger partial charge in [-0.3, -0.25) is 0 Å². The topological polar surface area (TPSA) is 63.3 Å². The van der Waals surface area contributed by atoms with Crippen LogP contribution in [0.2, 0.25) is 0 Å². The Morgan fingerprint density at radius 2 is 2.55 bits per heavy atom. The molecule has 0 aliphatic heterocycles. The van der Waals surface area contributed by atoms with Crippen LogP contribution in [0.5, 0.6) is 0 Å². The Hall–Kier alpha value is -0.830. The van der Waals surface area contributed by atoms with Crippen LogP contribution < -0.4 is 5.73 Å². The average Bonchev–Trinajstić information content (AvgIpc) is 2.05. The summed E-state index contributed by atoms with van der Waals surface area (Å²) in [6.45, 7) is 0.670. The van der Waals surface area contributed by atoms with Crippen molar-refractivity contribution in [1.82, 2.24) is 0 Å². The van der Waals surface area contributed by atoms with Gasteiger partial charge in [-0.2, -0.15) is 0 Å². The van der Waals surface area contributed by atoms with Crippen molar-refractivity contribution < 1.29 is 9.90 Å². The molecular formula is C8H13NO2. The van der Waals surface area contributed by atoms with Gasteiger partial charge in [-0.15, -0.1) is 0 Å². The third-order valence-electron chi connectivity index (χ3n) is 2.13. The smallest absolute Gasteiger partial charge is 0.331 e. The van der Waals surface area contributed by atoms with Crippen LogP contribution in [-0.4, -0.2) is 17.6 Å². The van der Waals surface area contributed by atoms with Crippen LogP contribution >= 0.6 is 0 Å². The fraction of sp³-hybridized carbons (Fsp3) is 0.625. The van der Waals surface area contributed by atoms with E-state index in [2.05, 4.69) is 0 Å². The monoisotopic (exact) mass is 155 g/mol. The lowest BCUT2D eigenvalue weighted by atomic mass is 9.90. The Morgan fingerprint density at radius 3 is 2.91 bits per heavy atom. The molecule has 3 N–H and O–H groups in total. The van der Waals surface area contributed by atoms with Crippen LogP contribution in [0.3, 0.4) is 0 Å². The van der Waals surface area contributed by atoms with Gasteiger partial charge >= 0.3 is 5.97 Å². The number of carboxylic acid groups (broad SMARTS) is 1. The van der Waals surface area contributed by atoms with Crippen molar-refractivity contribution in [2.24, 2.45) is 11.7 Å². The van der Waals surface area contributed by atoms with Gasteiger partial charge in [0.25, 0.3) is 0 Å². The van der Waals surface area contributed by atoms with E-state index in [-0.39, 0.29) is 0 Å². The largest absolute Gasteiger partial charge is 0.478 e. The fourth-order valence-corrected chi connectivity index (χ4v) is 1.30. The van der Waals surface area contributed by atoms with Crippen LogP contribution in [0.4, 0.5) is 0 Å². The Kier molecular flexibility index (Phi) is 2.65. The lowest BCUT2D eigenvalue weighted by Gasteiger charge is -2.17. The molecule has 0 heterocycles. The molecule has 0 spiro atoms. The van der Waals surface area contributed by atoms with Gasteiger partial charge in [0.2, 0.25) is 0 Å². The first-order valence-electron chi connectivity index (χ1n) is 3.86. The number of nitrogens with two attached hydrogens (primary N) is 1. The van der Waals surface area contributed by atoms with E-state index in [4.69, 9.17) is 10.8 Å². The molecule has 3 nitrogen and oxygen atoms in total. The first kappa shape index (κ1) is 8.27. The molecule has 0 aromatic heterocycles. The maximum absolute atomic E-state index is 10.4. The van der Waals surface area contributed by atoms with E-state index >= 15 is 0 Å². The summed E-state index contributed by atoms with van der Waals surface area (Å²) >= 11 is 0. The van der Waals surface area contributed by atoms with Crippen LogP contribution in [-0.2, 0) is 4.79 Å². The van der Waals surface area contributed by atoms with Crippen molar-refractivity contribution in [3.8, 4) is 0 Å². The summed E-state index contributed by atoms with van der Waals surface area (Å²) in [6.07, 6.45) is 4.23. The highest BCUT2D eigenvalue weighted by Crippen LogP contribution is 2.22. The van der Waals surface area contributed by atoms with E-state index < -0.39 is 5.97 Å². The molecule has 1 rings (SSSR count). The van der Waals surface area contributed by atoms with Gasteiger partial charge in [0.15, 0.2) is 0 Å². The number of carbonyl (C=O) groups is 1. The molecule has 1 aliphatic rings. The highest BCUT2D eigenvalue weighted by molar-refractivity contribution is 5.86. The predicted octanol–water partition coefficient (Wildman–Crippen LogP) is 0.756. The third-order valence-corrected chi connectivity index (χ3v) is 2.13. The Bertz CT molecular complexity index is 187. The zero-order valence-corrected chi connectivity index (χ0v) is 6.42. The number of allylic oxidation sites excluding steroid dienone is 1. The first-order chi connectivity index (χ1) is 5.24. The lowest BCUT2D eigenvalue weighted by Crippen LogP contribution is -2.18. The normalized spacial score (nSPS) is 24.5. The number of hydrogen-bond acceptors (Lipinski definition) is 2. The zero-order chi connectivity index (χ0) is 8.27. The minimum atomic E-state index is -0.777. The second kappa shape index (κ2) is 3.53. The molecule has 0 amide bonds. The van der Waals surface area contributed by atoms with Gasteiger partial charge in [0.1, 0.15) is 0 Å². The molecule has 1 atom stereocenters. The molecule has 0 aromatic carbocycles. The second-order valence-electron chi connectivity index (χ2n) is 2.91. The van der Waals surface area contributed by atoms with Crippen LogP contribution in [0, 0.1) is 5.92 Å². The number of aliphatic carboxylic acids is 1. The van der Waals surface area contributed by atoms with Crippen molar-refractivity contribution in [2.45, 2.75) is 19.3 Å². The highest BCUT2D eigenvalue weighted by atomic mass is 16.4. The molecular weight excluding hydrogens is 142 g/mol. The highest BCUT2D eigenvalue weighted by Gasteiger charge is 2.16. The molecule has 62 valence electrons. The van der Waals surface area contributed by atoms with Crippen molar-refractivity contribution >= 4 is 5.97 Å². The van der Waals surface area contributed by atoms with Gasteiger partial charge in [-0.1, -0.05) is 6.08 Å². The molecule has 0 fully saturated rings. The van der Waals surface area contributed by atoms with Crippen molar-refractivity contribution in [3.05, 3.63) is 11.6 Å². The predicted molar refractivity (Wildman–Crippen MR) is 42.1 cm³/mol. The third kappa shape index (κ3) is 2.05. The molecule has 3 heteroatoms. The summed E-state index contributed by atoms with van der Waals surface area (Å²) in [6, 6.07) is 0. The van der Waals surface area contributed by atoms with Gasteiger partial charge in [-0.05, 0) is 31.7 Å². The van der Waals surface area contributed by atoms with E-state index in [1.165, 1.54) is 0 Å². The first-order valence-corrected chi connectivity index (χ1v) is 3.86. The fourth-order valence-electron chi connectivity index (χ4n) is 1.30. The van der Waals surface area contributed by atoms with E-state index in [0.717, 1.165) is 12.8 Å². The van der Waals surface area contributed by atoms with Crippen molar-refractivity contribution in [3.63, 3.8) is 0 Å². The maximum atomic E-state index is 10.4. The molecule has 0 radical (unpaired) electrons. The molecule has 1 unspecified atom stereocenters. The Labute approximate surface area is 65.9 Å². The average molecular weight is 155 g/mol. The number of hydrogen-bond donors (Lipinski definition) is 2. The van der Waals surface area contributed by atoms with Crippen LogP contribution in [0.15, 0.2) is 11.6 Å². The van der Waals surface area contributed by atoms with Crippen LogP contribution in [0.25, 0.3) is 0 Å². The maximum Gasteiger partial charge on any atom is 0.331 e. The molecule has 0 aromatic rings. The Balaban J connectivity index is 2.50.